The van der Waals surface area contributed by atoms with Crippen LogP contribution in [0.15, 0.2) is 60.7 Å². The molecule has 0 aliphatic rings. The van der Waals surface area contributed by atoms with Gasteiger partial charge in [-0.1, -0.05) is 24.3 Å². The molecule has 2 heterocycles. The van der Waals surface area contributed by atoms with Crippen LogP contribution in [0.4, 0.5) is 5.69 Å². The Kier molecular flexibility index (Phi) is 5.43. The standard InChI is InChI=1S/C25H22N4O3S/c1-3-32-25(30)24-23(17-6-4-5-7-22(17)31-2)18-13-16(26)9-11-21(18)29(24)14-15-8-10-19-20(12-15)28-33-27-19/h4-13H,3,14,26H2,1-2H3. The van der Waals surface area contributed by atoms with E-state index in [9.17, 15) is 4.79 Å². The molecule has 0 spiro atoms. The molecule has 0 saturated heterocycles. The van der Waals surface area contributed by atoms with Crippen molar-refractivity contribution in [3.8, 4) is 16.9 Å². The van der Waals surface area contributed by atoms with E-state index in [1.807, 2.05) is 65.2 Å². The Bertz CT molecular complexity index is 1490. The number of carbonyl (C=O) groups is 1. The molecular formula is C25H22N4O3S. The van der Waals surface area contributed by atoms with E-state index in [1.165, 1.54) is 11.7 Å². The van der Waals surface area contributed by atoms with Gasteiger partial charge < -0.3 is 19.8 Å². The molecule has 0 radical (unpaired) electrons. The van der Waals surface area contributed by atoms with Crippen LogP contribution in [0.1, 0.15) is 23.0 Å². The van der Waals surface area contributed by atoms with Crippen LogP contribution >= 0.6 is 11.7 Å². The summed E-state index contributed by atoms with van der Waals surface area (Å²) in [4.78, 5) is 13.3. The fourth-order valence-corrected chi connectivity index (χ4v) is 4.70. The second-order valence-corrected chi connectivity index (χ2v) is 8.12. The lowest BCUT2D eigenvalue weighted by atomic mass is 10.0. The second kappa shape index (κ2) is 8.55. The molecule has 0 atom stereocenters. The van der Waals surface area contributed by atoms with Crippen LogP contribution in [0.2, 0.25) is 0 Å². The van der Waals surface area contributed by atoms with E-state index < -0.39 is 5.97 Å². The Labute approximate surface area is 194 Å². The molecule has 5 aromatic rings. The number of aromatic nitrogens is 3. The molecule has 0 bridgehead atoms. The van der Waals surface area contributed by atoms with Crippen LogP contribution in [0, 0.1) is 0 Å². The van der Waals surface area contributed by atoms with E-state index in [-0.39, 0.29) is 6.61 Å². The minimum absolute atomic E-state index is 0.268. The number of nitrogens with zero attached hydrogens (tertiary/aromatic N) is 3. The number of hydrogen-bond donors (Lipinski definition) is 1. The number of ether oxygens (including phenoxy) is 2. The van der Waals surface area contributed by atoms with Gasteiger partial charge in [-0.15, -0.1) is 0 Å². The Morgan fingerprint density at radius 1 is 1.06 bits per heavy atom. The molecule has 0 saturated carbocycles. The van der Waals surface area contributed by atoms with Crippen molar-refractivity contribution in [3.05, 3.63) is 71.9 Å². The van der Waals surface area contributed by atoms with Gasteiger partial charge >= 0.3 is 5.97 Å². The van der Waals surface area contributed by atoms with Crippen LogP contribution < -0.4 is 10.5 Å². The first kappa shape index (κ1) is 21.0. The third-order valence-electron chi connectivity index (χ3n) is 5.59. The second-order valence-electron chi connectivity index (χ2n) is 7.59. The molecule has 8 heteroatoms. The minimum Gasteiger partial charge on any atom is -0.496 e. The molecule has 0 amide bonds. The predicted octanol–water partition coefficient (Wildman–Crippen LogP) is 5.13. The highest BCUT2D eigenvalue weighted by molar-refractivity contribution is 7.00. The summed E-state index contributed by atoms with van der Waals surface area (Å²) in [5.41, 5.74) is 12.3. The summed E-state index contributed by atoms with van der Waals surface area (Å²) in [6.45, 7) is 2.52. The monoisotopic (exact) mass is 458 g/mol. The van der Waals surface area contributed by atoms with E-state index >= 15 is 0 Å². The van der Waals surface area contributed by atoms with E-state index in [0.717, 1.165) is 38.6 Å². The van der Waals surface area contributed by atoms with Crippen molar-refractivity contribution < 1.29 is 14.3 Å². The van der Waals surface area contributed by atoms with Gasteiger partial charge in [0.1, 0.15) is 22.5 Å². The quantitative estimate of drug-likeness (QED) is 0.280. The van der Waals surface area contributed by atoms with Crippen LogP contribution in [0.5, 0.6) is 5.75 Å². The Hall–Kier alpha value is -3.91. The number of rotatable bonds is 6. The van der Waals surface area contributed by atoms with Gasteiger partial charge in [0, 0.05) is 34.3 Å². The molecule has 5 rings (SSSR count). The maximum Gasteiger partial charge on any atom is 0.355 e. The summed E-state index contributed by atoms with van der Waals surface area (Å²) >= 11 is 1.18. The molecule has 0 aliphatic carbocycles. The number of nitrogen functional groups attached to an aromatic ring is 1. The van der Waals surface area contributed by atoms with E-state index in [1.54, 1.807) is 14.0 Å². The maximum absolute atomic E-state index is 13.3. The number of anilines is 1. The van der Waals surface area contributed by atoms with E-state index in [2.05, 4.69) is 8.75 Å². The molecule has 3 aromatic carbocycles. The highest BCUT2D eigenvalue weighted by atomic mass is 32.1. The number of hydrogen-bond acceptors (Lipinski definition) is 7. The maximum atomic E-state index is 13.3. The predicted molar refractivity (Wildman–Crippen MR) is 131 cm³/mol. The zero-order valence-electron chi connectivity index (χ0n) is 18.2. The summed E-state index contributed by atoms with van der Waals surface area (Å²) in [6, 6.07) is 19.3. The molecule has 0 aliphatic heterocycles. The van der Waals surface area contributed by atoms with Crippen LogP contribution in [-0.2, 0) is 11.3 Å². The zero-order valence-corrected chi connectivity index (χ0v) is 19.1. The van der Waals surface area contributed by atoms with Crippen molar-refractivity contribution in [2.45, 2.75) is 13.5 Å². The molecule has 2 N–H and O–H groups in total. The Balaban J connectivity index is 1.80. The number of fused-ring (bicyclic) bond motifs is 2. The van der Waals surface area contributed by atoms with Gasteiger partial charge in [0.15, 0.2) is 0 Å². The summed E-state index contributed by atoms with van der Waals surface area (Å²) in [7, 11) is 1.62. The van der Waals surface area contributed by atoms with Crippen LogP contribution in [0.3, 0.4) is 0 Å². The van der Waals surface area contributed by atoms with Crippen molar-refractivity contribution in [1.29, 1.82) is 0 Å². The van der Waals surface area contributed by atoms with Gasteiger partial charge in [-0.05, 0) is 48.9 Å². The fraction of sp³-hybridized carbons (Fsp3) is 0.160. The van der Waals surface area contributed by atoms with Gasteiger partial charge in [-0.25, -0.2) is 4.79 Å². The van der Waals surface area contributed by atoms with Gasteiger partial charge in [-0.2, -0.15) is 8.75 Å². The lowest BCUT2D eigenvalue weighted by molar-refractivity contribution is 0.0516. The molecule has 0 fully saturated rings. The number of esters is 1. The summed E-state index contributed by atoms with van der Waals surface area (Å²) in [5, 5.41) is 0.860. The summed E-state index contributed by atoms with van der Waals surface area (Å²) < 4.78 is 21.8. The third-order valence-corrected chi connectivity index (χ3v) is 6.15. The SMILES string of the molecule is CCOC(=O)c1c(-c2ccccc2OC)c2cc(N)ccc2n1Cc1ccc2nsnc2c1. The highest BCUT2D eigenvalue weighted by Crippen LogP contribution is 2.41. The summed E-state index contributed by atoms with van der Waals surface area (Å²) in [5.74, 6) is 0.268. The van der Waals surface area contributed by atoms with Gasteiger partial charge in [0.2, 0.25) is 0 Å². The first-order valence-corrected chi connectivity index (χ1v) is 11.3. The van der Waals surface area contributed by atoms with Crippen molar-refractivity contribution in [2.24, 2.45) is 0 Å². The van der Waals surface area contributed by atoms with E-state index in [4.69, 9.17) is 15.2 Å². The van der Waals surface area contributed by atoms with Crippen LogP contribution in [0.25, 0.3) is 33.1 Å². The lowest BCUT2D eigenvalue weighted by Crippen LogP contribution is -2.14. The smallest absolute Gasteiger partial charge is 0.355 e. The average molecular weight is 459 g/mol. The average Bonchev–Trinajstić information content (AvgIpc) is 3.41. The third kappa shape index (κ3) is 3.68. The van der Waals surface area contributed by atoms with Crippen molar-refractivity contribution in [1.82, 2.24) is 13.3 Å². The van der Waals surface area contributed by atoms with Gasteiger partial charge in [-0.3, -0.25) is 0 Å². The van der Waals surface area contributed by atoms with Crippen molar-refractivity contribution >= 4 is 45.3 Å². The minimum atomic E-state index is -0.399. The largest absolute Gasteiger partial charge is 0.496 e. The zero-order chi connectivity index (χ0) is 22.9. The highest BCUT2D eigenvalue weighted by Gasteiger charge is 2.27. The number of nitrogens with two attached hydrogens (primary N) is 1. The van der Waals surface area contributed by atoms with Gasteiger partial charge in [0.05, 0.1) is 25.4 Å². The fourth-order valence-electron chi connectivity index (χ4n) is 4.18. The van der Waals surface area contributed by atoms with Crippen molar-refractivity contribution in [3.63, 3.8) is 0 Å². The Morgan fingerprint density at radius 2 is 1.88 bits per heavy atom. The number of carbonyl (C=O) groups excluding carboxylic acids is 1. The first-order chi connectivity index (χ1) is 16.1. The molecule has 7 nitrogen and oxygen atoms in total. The topological polar surface area (TPSA) is 92.3 Å². The van der Waals surface area contributed by atoms with Crippen LogP contribution in [-0.4, -0.2) is 33.0 Å². The molecule has 33 heavy (non-hydrogen) atoms. The van der Waals surface area contributed by atoms with Crippen molar-refractivity contribution in [2.75, 3.05) is 19.5 Å². The first-order valence-electron chi connectivity index (χ1n) is 10.5. The summed E-state index contributed by atoms with van der Waals surface area (Å²) in [6.07, 6.45) is 0. The van der Waals surface area contributed by atoms with E-state index in [0.29, 0.717) is 23.7 Å². The molecule has 0 unspecified atom stereocenters. The normalized spacial score (nSPS) is 11.2. The number of methoxy groups -OCH3 is 1. The molecular weight excluding hydrogens is 436 g/mol. The number of benzene rings is 3. The number of para-hydroxylation sites is 1. The lowest BCUT2D eigenvalue weighted by Gasteiger charge is -2.13. The van der Waals surface area contributed by atoms with Gasteiger partial charge in [0.25, 0.3) is 0 Å². The molecule has 2 aromatic heterocycles. The Morgan fingerprint density at radius 3 is 2.70 bits per heavy atom. The molecule has 166 valence electrons.